The number of rotatable bonds is 3. The normalized spacial score (nSPS) is 13.5. The number of thiazole rings is 1. The van der Waals surface area contributed by atoms with Gasteiger partial charge in [0, 0.05) is 22.7 Å². The second kappa shape index (κ2) is 5.89. The molecular formula is C12H8Cl2F3NOS. The van der Waals surface area contributed by atoms with E-state index < -0.39 is 17.3 Å². The van der Waals surface area contributed by atoms with Gasteiger partial charge in [0.2, 0.25) is 0 Å². The van der Waals surface area contributed by atoms with Crippen LogP contribution in [0.2, 0.25) is 10.0 Å². The molecule has 108 valence electrons. The van der Waals surface area contributed by atoms with Gasteiger partial charge in [0.15, 0.2) is 5.01 Å². The predicted octanol–water partition coefficient (Wildman–Crippen LogP) is 4.74. The molecule has 2 aromatic rings. The minimum Gasteiger partial charge on any atom is -0.387 e. The lowest BCUT2D eigenvalue weighted by atomic mass is 10.1. The molecule has 1 unspecified atom stereocenters. The maximum Gasteiger partial charge on any atom is 0.443 e. The van der Waals surface area contributed by atoms with E-state index in [0.29, 0.717) is 26.9 Å². The topological polar surface area (TPSA) is 33.1 Å². The van der Waals surface area contributed by atoms with Gasteiger partial charge in [-0.05, 0) is 17.7 Å². The number of aliphatic hydroxyl groups is 1. The Morgan fingerprint density at radius 2 is 2.00 bits per heavy atom. The van der Waals surface area contributed by atoms with Crippen molar-refractivity contribution in [2.75, 3.05) is 0 Å². The van der Waals surface area contributed by atoms with Gasteiger partial charge in [0.25, 0.3) is 0 Å². The highest BCUT2D eigenvalue weighted by Crippen LogP contribution is 2.35. The number of aliphatic hydroxyl groups excluding tert-OH is 1. The van der Waals surface area contributed by atoms with Crippen LogP contribution in [-0.4, -0.2) is 10.1 Å². The Bertz CT molecular complexity index is 615. The minimum absolute atomic E-state index is 0.0928. The summed E-state index contributed by atoms with van der Waals surface area (Å²) in [7, 11) is 0. The smallest absolute Gasteiger partial charge is 0.387 e. The summed E-state index contributed by atoms with van der Waals surface area (Å²) in [6.45, 7) is 0. The van der Waals surface area contributed by atoms with Crippen molar-refractivity contribution < 1.29 is 18.3 Å². The summed E-state index contributed by atoms with van der Waals surface area (Å²) in [6, 6.07) is 4.74. The van der Waals surface area contributed by atoms with Crippen LogP contribution in [0.5, 0.6) is 0 Å². The average molecular weight is 342 g/mol. The molecule has 20 heavy (non-hydrogen) atoms. The summed E-state index contributed by atoms with van der Waals surface area (Å²) in [5.41, 5.74) is 0.602. The molecule has 1 atom stereocenters. The Hall–Kier alpha value is -0.820. The van der Waals surface area contributed by atoms with E-state index in [0.717, 1.165) is 6.20 Å². The van der Waals surface area contributed by atoms with Gasteiger partial charge in [-0.3, -0.25) is 0 Å². The van der Waals surface area contributed by atoms with Crippen molar-refractivity contribution in [3.63, 3.8) is 0 Å². The maximum absolute atomic E-state index is 12.4. The standard InChI is InChI=1S/C12H8Cl2F3NOS/c13-7-2-1-6(8(14)4-7)3-9(19)10-5-18-11(20-10)12(15,16)17/h1-2,4-5,9,19H,3H2. The van der Waals surface area contributed by atoms with Crippen molar-refractivity contribution in [3.05, 3.63) is 49.9 Å². The van der Waals surface area contributed by atoms with Gasteiger partial charge in [-0.15, -0.1) is 11.3 Å². The molecule has 1 aromatic carbocycles. The van der Waals surface area contributed by atoms with Gasteiger partial charge in [-0.25, -0.2) is 4.98 Å². The Labute approximate surface area is 126 Å². The number of aromatic nitrogens is 1. The van der Waals surface area contributed by atoms with Crippen molar-refractivity contribution in [1.82, 2.24) is 4.98 Å². The van der Waals surface area contributed by atoms with E-state index in [2.05, 4.69) is 4.98 Å². The van der Waals surface area contributed by atoms with Crippen molar-refractivity contribution >= 4 is 34.5 Å². The highest BCUT2D eigenvalue weighted by atomic mass is 35.5. The molecule has 8 heteroatoms. The van der Waals surface area contributed by atoms with Gasteiger partial charge in [-0.1, -0.05) is 29.3 Å². The van der Waals surface area contributed by atoms with Gasteiger partial charge >= 0.3 is 6.18 Å². The van der Waals surface area contributed by atoms with Crippen LogP contribution in [0, 0.1) is 0 Å². The summed E-state index contributed by atoms with van der Waals surface area (Å²) in [6.07, 6.45) is -4.47. The summed E-state index contributed by atoms with van der Waals surface area (Å²) >= 11 is 12.1. The van der Waals surface area contributed by atoms with Crippen LogP contribution in [-0.2, 0) is 12.6 Å². The molecule has 1 N–H and O–H groups in total. The lowest BCUT2D eigenvalue weighted by Gasteiger charge is -2.10. The van der Waals surface area contributed by atoms with E-state index in [1.807, 2.05) is 0 Å². The van der Waals surface area contributed by atoms with Gasteiger partial charge < -0.3 is 5.11 Å². The van der Waals surface area contributed by atoms with E-state index in [-0.39, 0.29) is 11.3 Å². The summed E-state index contributed by atoms with van der Waals surface area (Å²) in [5.74, 6) is 0. The van der Waals surface area contributed by atoms with Crippen molar-refractivity contribution in [2.24, 2.45) is 0 Å². The van der Waals surface area contributed by atoms with Crippen LogP contribution in [0.3, 0.4) is 0 Å². The minimum atomic E-state index is -4.50. The SMILES string of the molecule is OC(Cc1ccc(Cl)cc1Cl)c1cnc(C(F)(F)F)s1. The molecule has 0 saturated heterocycles. The average Bonchev–Trinajstić information content (AvgIpc) is 2.82. The molecule has 0 aliphatic rings. The number of halogens is 5. The first-order valence-corrected chi connectivity index (χ1v) is 6.99. The first-order chi connectivity index (χ1) is 9.27. The molecule has 0 aliphatic heterocycles. The van der Waals surface area contributed by atoms with Crippen molar-refractivity contribution in [1.29, 1.82) is 0 Å². The number of hydrogen-bond donors (Lipinski definition) is 1. The van der Waals surface area contributed by atoms with Crippen LogP contribution >= 0.6 is 34.5 Å². The van der Waals surface area contributed by atoms with Crippen LogP contribution in [0.4, 0.5) is 13.2 Å². The van der Waals surface area contributed by atoms with Gasteiger partial charge in [0.05, 0.1) is 11.0 Å². The molecule has 0 radical (unpaired) electrons. The monoisotopic (exact) mass is 341 g/mol. The van der Waals surface area contributed by atoms with E-state index in [9.17, 15) is 18.3 Å². The Morgan fingerprint density at radius 3 is 2.55 bits per heavy atom. The van der Waals surface area contributed by atoms with Crippen molar-refractivity contribution in [2.45, 2.75) is 18.7 Å². The number of benzene rings is 1. The summed E-state index contributed by atoms with van der Waals surface area (Å²) in [5, 5.41) is 9.79. The highest BCUT2D eigenvalue weighted by molar-refractivity contribution is 7.11. The number of hydrogen-bond acceptors (Lipinski definition) is 3. The molecule has 2 rings (SSSR count). The fraction of sp³-hybridized carbons (Fsp3) is 0.250. The third-order valence-corrected chi connectivity index (χ3v) is 4.25. The van der Waals surface area contributed by atoms with Crippen molar-refractivity contribution in [3.8, 4) is 0 Å². The van der Waals surface area contributed by atoms with Crippen LogP contribution in [0.1, 0.15) is 21.6 Å². The number of alkyl halides is 3. The van der Waals surface area contributed by atoms with E-state index in [4.69, 9.17) is 23.2 Å². The fourth-order valence-electron chi connectivity index (χ4n) is 1.57. The quantitative estimate of drug-likeness (QED) is 0.874. The van der Waals surface area contributed by atoms with Crippen LogP contribution in [0.15, 0.2) is 24.4 Å². The van der Waals surface area contributed by atoms with E-state index in [1.54, 1.807) is 12.1 Å². The number of nitrogens with zero attached hydrogens (tertiary/aromatic N) is 1. The van der Waals surface area contributed by atoms with Crippen LogP contribution < -0.4 is 0 Å². The molecule has 0 amide bonds. The van der Waals surface area contributed by atoms with Gasteiger partial charge in [-0.2, -0.15) is 13.2 Å². The summed E-state index contributed by atoms with van der Waals surface area (Å²) < 4.78 is 37.3. The largest absolute Gasteiger partial charge is 0.443 e. The zero-order valence-corrected chi connectivity index (χ0v) is 12.1. The predicted molar refractivity (Wildman–Crippen MR) is 72.2 cm³/mol. The fourth-order valence-corrected chi connectivity index (χ4v) is 2.82. The molecule has 0 bridgehead atoms. The molecular weight excluding hydrogens is 334 g/mol. The molecule has 1 heterocycles. The second-order valence-electron chi connectivity index (χ2n) is 4.02. The molecule has 2 nitrogen and oxygen atoms in total. The first-order valence-electron chi connectivity index (χ1n) is 5.42. The Balaban J connectivity index is 2.16. The molecule has 0 fully saturated rings. The van der Waals surface area contributed by atoms with E-state index in [1.165, 1.54) is 6.07 Å². The Morgan fingerprint density at radius 1 is 1.30 bits per heavy atom. The molecule has 0 spiro atoms. The zero-order valence-electron chi connectivity index (χ0n) is 9.79. The highest BCUT2D eigenvalue weighted by Gasteiger charge is 2.35. The first kappa shape index (κ1) is 15.6. The Kier molecular flexibility index (Phi) is 4.59. The molecule has 0 saturated carbocycles. The summed E-state index contributed by atoms with van der Waals surface area (Å²) in [4.78, 5) is 3.41. The molecule has 1 aromatic heterocycles. The third-order valence-electron chi connectivity index (χ3n) is 2.52. The lowest BCUT2D eigenvalue weighted by molar-refractivity contribution is -0.137. The molecule has 0 aliphatic carbocycles. The lowest BCUT2D eigenvalue weighted by Crippen LogP contribution is -2.03. The zero-order chi connectivity index (χ0) is 14.9. The third kappa shape index (κ3) is 3.63. The second-order valence-corrected chi connectivity index (χ2v) is 5.93. The maximum atomic E-state index is 12.4. The van der Waals surface area contributed by atoms with Gasteiger partial charge in [0.1, 0.15) is 0 Å². The van der Waals surface area contributed by atoms with E-state index >= 15 is 0 Å². The van der Waals surface area contributed by atoms with Crippen LogP contribution in [0.25, 0.3) is 0 Å².